The van der Waals surface area contributed by atoms with Crippen molar-refractivity contribution < 1.29 is 14.6 Å². The van der Waals surface area contributed by atoms with E-state index in [1.54, 1.807) is 19.1 Å². The number of ether oxygens (including phenoxy) is 1. The molecule has 1 saturated heterocycles. The van der Waals surface area contributed by atoms with Gasteiger partial charge >= 0.3 is 5.97 Å². The van der Waals surface area contributed by atoms with E-state index in [4.69, 9.17) is 9.84 Å². The van der Waals surface area contributed by atoms with Crippen LogP contribution in [0, 0.1) is 6.92 Å². The van der Waals surface area contributed by atoms with Gasteiger partial charge < -0.3 is 14.7 Å². The minimum absolute atomic E-state index is 0.259. The first-order valence-corrected chi connectivity index (χ1v) is 5.65. The van der Waals surface area contributed by atoms with Gasteiger partial charge in [-0.1, -0.05) is 0 Å². The van der Waals surface area contributed by atoms with E-state index in [-0.39, 0.29) is 11.6 Å². The Morgan fingerprint density at radius 1 is 1.59 bits per heavy atom. The van der Waals surface area contributed by atoms with Gasteiger partial charge in [0.1, 0.15) is 5.82 Å². The first-order chi connectivity index (χ1) is 8.09. The van der Waals surface area contributed by atoms with Gasteiger partial charge in [0.15, 0.2) is 0 Å². The molecule has 0 saturated carbocycles. The predicted octanol–water partition coefficient (Wildman–Crippen LogP) is 1.31. The number of carbonyl (C=O) groups is 1. The van der Waals surface area contributed by atoms with Gasteiger partial charge in [0.2, 0.25) is 0 Å². The van der Waals surface area contributed by atoms with Crippen LogP contribution >= 0.6 is 0 Å². The van der Waals surface area contributed by atoms with Crippen LogP contribution in [0.2, 0.25) is 0 Å². The van der Waals surface area contributed by atoms with Crippen molar-refractivity contribution in [3.05, 3.63) is 23.4 Å². The fraction of sp³-hybridized carbons (Fsp3) is 0.500. The van der Waals surface area contributed by atoms with Crippen LogP contribution in [0.3, 0.4) is 0 Å². The summed E-state index contributed by atoms with van der Waals surface area (Å²) in [5.74, 6) is -0.111. The smallest absolute Gasteiger partial charge is 0.337 e. The largest absolute Gasteiger partial charge is 0.478 e. The molecular formula is C12H16N2O3. The molecular weight excluding hydrogens is 220 g/mol. The lowest BCUT2D eigenvalue weighted by molar-refractivity contribution is 0.0695. The first-order valence-electron chi connectivity index (χ1n) is 5.65. The molecule has 0 spiro atoms. The molecule has 1 atom stereocenters. The molecule has 17 heavy (non-hydrogen) atoms. The van der Waals surface area contributed by atoms with Gasteiger partial charge in [0.05, 0.1) is 30.5 Å². The van der Waals surface area contributed by atoms with Crippen LogP contribution in [0.25, 0.3) is 0 Å². The monoisotopic (exact) mass is 236 g/mol. The normalized spacial score (nSPS) is 20.4. The number of hydrogen-bond acceptors (Lipinski definition) is 4. The van der Waals surface area contributed by atoms with Gasteiger partial charge in [-0.2, -0.15) is 0 Å². The highest BCUT2D eigenvalue weighted by Crippen LogP contribution is 2.19. The lowest BCUT2D eigenvalue weighted by Gasteiger charge is -2.34. The quantitative estimate of drug-likeness (QED) is 0.839. The highest BCUT2D eigenvalue weighted by molar-refractivity contribution is 5.89. The van der Waals surface area contributed by atoms with E-state index in [1.807, 2.05) is 0 Å². The Balaban J connectivity index is 2.27. The molecule has 92 valence electrons. The zero-order chi connectivity index (χ0) is 12.4. The van der Waals surface area contributed by atoms with E-state index in [9.17, 15) is 4.79 Å². The van der Waals surface area contributed by atoms with Gasteiger partial charge in [-0.05, 0) is 26.0 Å². The summed E-state index contributed by atoms with van der Waals surface area (Å²) in [4.78, 5) is 17.4. The number of anilines is 1. The minimum Gasteiger partial charge on any atom is -0.478 e. The maximum atomic E-state index is 10.9. The van der Waals surface area contributed by atoms with E-state index in [1.165, 1.54) is 0 Å². The minimum atomic E-state index is -0.934. The summed E-state index contributed by atoms with van der Waals surface area (Å²) in [5, 5.41) is 8.95. The number of aromatic nitrogens is 1. The number of morpholine rings is 1. The second kappa shape index (κ2) is 4.71. The summed E-state index contributed by atoms with van der Waals surface area (Å²) in [5.41, 5.74) is 0.809. The standard InChI is InChI=1S/C12H16N2O3/c1-8-7-17-6-5-14(8)11-4-3-10(12(15)16)9(2)13-11/h3-4,8H,5-7H2,1-2H3,(H,15,16). The summed E-state index contributed by atoms with van der Waals surface area (Å²) in [6.07, 6.45) is 0. The lowest BCUT2D eigenvalue weighted by Crippen LogP contribution is -2.44. The number of carboxylic acids is 1. The van der Waals surface area contributed by atoms with Crippen LogP contribution in [0.15, 0.2) is 12.1 Å². The van der Waals surface area contributed by atoms with Gasteiger partial charge in [-0.15, -0.1) is 0 Å². The number of aryl methyl sites for hydroxylation is 1. The summed E-state index contributed by atoms with van der Waals surface area (Å²) in [6, 6.07) is 3.65. The lowest BCUT2D eigenvalue weighted by atomic mass is 10.2. The number of nitrogens with zero attached hydrogens (tertiary/aromatic N) is 2. The second-order valence-corrected chi connectivity index (χ2v) is 4.22. The molecule has 0 aromatic carbocycles. The third-order valence-electron chi connectivity index (χ3n) is 2.96. The number of hydrogen-bond donors (Lipinski definition) is 1. The third-order valence-corrected chi connectivity index (χ3v) is 2.96. The Hall–Kier alpha value is -1.62. The van der Waals surface area contributed by atoms with Crippen LogP contribution in [0.5, 0.6) is 0 Å². The summed E-state index contributed by atoms with van der Waals surface area (Å²) in [7, 11) is 0. The average molecular weight is 236 g/mol. The zero-order valence-electron chi connectivity index (χ0n) is 10.0. The number of pyridine rings is 1. The molecule has 1 aliphatic rings. The topological polar surface area (TPSA) is 62.7 Å². The molecule has 0 bridgehead atoms. The maximum absolute atomic E-state index is 10.9. The summed E-state index contributed by atoms with van der Waals surface area (Å²) < 4.78 is 5.36. The van der Waals surface area contributed by atoms with Crippen molar-refractivity contribution in [1.82, 2.24) is 4.98 Å². The van der Waals surface area contributed by atoms with Crippen molar-refractivity contribution in [2.24, 2.45) is 0 Å². The molecule has 1 N–H and O–H groups in total. The van der Waals surface area contributed by atoms with Crippen molar-refractivity contribution in [2.75, 3.05) is 24.7 Å². The van der Waals surface area contributed by atoms with E-state index in [2.05, 4.69) is 16.8 Å². The molecule has 0 aliphatic carbocycles. The van der Waals surface area contributed by atoms with Crippen LogP contribution in [0.1, 0.15) is 23.0 Å². The molecule has 1 unspecified atom stereocenters. The molecule has 2 heterocycles. The highest BCUT2D eigenvalue weighted by atomic mass is 16.5. The van der Waals surface area contributed by atoms with E-state index in [0.717, 1.165) is 12.4 Å². The van der Waals surface area contributed by atoms with Crippen LogP contribution < -0.4 is 4.90 Å². The molecule has 1 aromatic rings. The molecule has 2 rings (SSSR count). The van der Waals surface area contributed by atoms with Gasteiger partial charge in [-0.3, -0.25) is 0 Å². The molecule has 0 radical (unpaired) electrons. The van der Waals surface area contributed by atoms with Gasteiger partial charge in [0.25, 0.3) is 0 Å². The number of rotatable bonds is 2. The highest BCUT2D eigenvalue weighted by Gasteiger charge is 2.21. The van der Waals surface area contributed by atoms with E-state index in [0.29, 0.717) is 18.9 Å². The van der Waals surface area contributed by atoms with Crippen LogP contribution in [0.4, 0.5) is 5.82 Å². The maximum Gasteiger partial charge on any atom is 0.337 e. The Morgan fingerprint density at radius 3 is 2.94 bits per heavy atom. The summed E-state index contributed by atoms with van der Waals surface area (Å²) in [6.45, 7) is 5.95. The Kier molecular flexibility index (Phi) is 3.28. The molecule has 1 aromatic heterocycles. The fourth-order valence-electron chi connectivity index (χ4n) is 2.00. The van der Waals surface area contributed by atoms with Crippen molar-refractivity contribution in [1.29, 1.82) is 0 Å². The Morgan fingerprint density at radius 2 is 2.35 bits per heavy atom. The van der Waals surface area contributed by atoms with Crippen molar-refractivity contribution in [3.63, 3.8) is 0 Å². The van der Waals surface area contributed by atoms with E-state index < -0.39 is 5.97 Å². The van der Waals surface area contributed by atoms with Crippen LogP contribution in [-0.4, -0.2) is 41.9 Å². The molecule has 1 aliphatic heterocycles. The average Bonchev–Trinajstić information content (AvgIpc) is 2.29. The van der Waals surface area contributed by atoms with E-state index >= 15 is 0 Å². The summed E-state index contributed by atoms with van der Waals surface area (Å²) >= 11 is 0. The van der Waals surface area contributed by atoms with Crippen molar-refractivity contribution >= 4 is 11.8 Å². The predicted molar refractivity (Wildman–Crippen MR) is 63.6 cm³/mol. The molecule has 1 fully saturated rings. The second-order valence-electron chi connectivity index (χ2n) is 4.22. The van der Waals surface area contributed by atoms with Crippen LogP contribution in [-0.2, 0) is 4.74 Å². The fourth-order valence-corrected chi connectivity index (χ4v) is 2.00. The first kappa shape index (κ1) is 11.9. The SMILES string of the molecule is Cc1nc(N2CCOCC2C)ccc1C(=O)O. The van der Waals surface area contributed by atoms with Crippen molar-refractivity contribution in [2.45, 2.75) is 19.9 Å². The third kappa shape index (κ3) is 2.39. The molecule has 5 nitrogen and oxygen atoms in total. The number of aromatic carboxylic acids is 1. The number of carboxylic acid groups (broad SMARTS) is 1. The molecule has 0 amide bonds. The Bertz CT molecular complexity index is 434. The van der Waals surface area contributed by atoms with Gasteiger partial charge in [0, 0.05) is 6.54 Å². The Labute approximate surface area is 100 Å². The molecule has 5 heteroatoms. The van der Waals surface area contributed by atoms with Crippen molar-refractivity contribution in [3.8, 4) is 0 Å². The zero-order valence-corrected chi connectivity index (χ0v) is 10.0. The van der Waals surface area contributed by atoms with Gasteiger partial charge in [-0.25, -0.2) is 9.78 Å².